The van der Waals surface area contributed by atoms with Crippen LogP contribution in [0.4, 0.5) is 5.69 Å². The molecular weight excluding hydrogens is 378 g/mol. The van der Waals surface area contributed by atoms with Gasteiger partial charge in [0.2, 0.25) is 17.6 Å². The van der Waals surface area contributed by atoms with E-state index in [2.05, 4.69) is 10.3 Å². The Balaban J connectivity index is 1.45. The Morgan fingerprint density at radius 2 is 2.07 bits per heavy atom. The van der Waals surface area contributed by atoms with Crippen LogP contribution in [0, 0.1) is 5.92 Å². The number of nitrogens with zero attached hydrogens (tertiary/aromatic N) is 2. The molecule has 3 heterocycles. The van der Waals surface area contributed by atoms with Crippen LogP contribution in [0.25, 0.3) is 11.1 Å². The maximum atomic E-state index is 12.9. The van der Waals surface area contributed by atoms with Crippen molar-refractivity contribution in [2.75, 3.05) is 32.2 Å². The lowest BCUT2D eigenvalue weighted by Gasteiger charge is -2.38. The first-order chi connectivity index (χ1) is 14.1. The first kappa shape index (κ1) is 19.4. The summed E-state index contributed by atoms with van der Waals surface area (Å²) in [7, 11) is 1.25. The Morgan fingerprint density at radius 1 is 1.28 bits per heavy atom. The van der Waals surface area contributed by atoms with E-state index in [0.717, 1.165) is 12.8 Å². The van der Waals surface area contributed by atoms with E-state index in [1.165, 1.54) is 7.11 Å². The van der Waals surface area contributed by atoms with Crippen LogP contribution in [0.2, 0.25) is 0 Å². The van der Waals surface area contributed by atoms with Gasteiger partial charge in [-0.2, -0.15) is 0 Å². The van der Waals surface area contributed by atoms with Crippen LogP contribution in [-0.4, -0.2) is 60.6 Å². The molecule has 9 heteroatoms. The molecule has 0 atom stereocenters. The normalized spacial score (nSPS) is 22.5. The number of ether oxygens (including phenoxy) is 2. The summed E-state index contributed by atoms with van der Waals surface area (Å²) in [5, 5.41) is 2.83. The molecule has 9 nitrogen and oxygen atoms in total. The van der Waals surface area contributed by atoms with Gasteiger partial charge in [0, 0.05) is 24.7 Å². The molecule has 2 fully saturated rings. The van der Waals surface area contributed by atoms with E-state index in [0.29, 0.717) is 37.1 Å². The van der Waals surface area contributed by atoms with Gasteiger partial charge in [-0.3, -0.25) is 14.6 Å². The minimum Gasteiger partial charge on any atom is -0.463 e. The number of nitrogens with one attached hydrogen (secondary N) is 1. The molecule has 1 saturated carbocycles. The van der Waals surface area contributed by atoms with E-state index >= 15 is 0 Å². The van der Waals surface area contributed by atoms with Crippen LogP contribution in [0.15, 0.2) is 22.7 Å². The number of anilines is 1. The summed E-state index contributed by atoms with van der Waals surface area (Å²) >= 11 is 0. The number of hydrogen-bond donors (Lipinski definition) is 1. The Labute approximate surface area is 167 Å². The van der Waals surface area contributed by atoms with Gasteiger partial charge >= 0.3 is 5.97 Å². The minimum absolute atomic E-state index is 0.0165. The van der Waals surface area contributed by atoms with Crippen molar-refractivity contribution in [2.24, 2.45) is 5.92 Å². The molecular formula is C20H23N3O6. The molecule has 0 aromatic carbocycles. The van der Waals surface area contributed by atoms with Crippen LogP contribution >= 0.6 is 0 Å². The van der Waals surface area contributed by atoms with Crippen molar-refractivity contribution in [3.8, 4) is 0 Å². The summed E-state index contributed by atoms with van der Waals surface area (Å²) < 4.78 is 15.5. The molecule has 0 radical (unpaired) electrons. The molecule has 4 rings (SSSR count). The summed E-state index contributed by atoms with van der Waals surface area (Å²) in [6.45, 7) is 1.30. The lowest BCUT2D eigenvalue weighted by molar-refractivity contribution is -0.146. The van der Waals surface area contributed by atoms with Gasteiger partial charge in [0.25, 0.3) is 0 Å². The number of amides is 2. The van der Waals surface area contributed by atoms with Gasteiger partial charge in [0.15, 0.2) is 5.58 Å². The van der Waals surface area contributed by atoms with E-state index < -0.39 is 5.97 Å². The van der Waals surface area contributed by atoms with Crippen LogP contribution in [0.1, 0.15) is 36.2 Å². The number of pyridine rings is 1. The highest BCUT2D eigenvalue weighted by Gasteiger charge is 2.34. The number of hydrogen-bond acceptors (Lipinski definition) is 7. The molecule has 0 bridgehead atoms. The highest BCUT2D eigenvalue weighted by molar-refractivity contribution is 6.08. The zero-order valence-corrected chi connectivity index (χ0v) is 16.2. The topological polar surface area (TPSA) is 111 Å². The Hall–Kier alpha value is -2.94. The molecule has 1 aliphatic heterocycles. The Bertz CT molecular complexity index is 931. The molecule has 154 valence electrons. The van der Waals surface area contributed by atoms with Crippen molar-refractivity contribution in [2.45, 2.75) is 31.7 Å². The molecule has 0 spiro atoms. The number of esters is 1. The van der Waals surface area contributed by atoms with Gasteiger partial charge in [-0.05, 0) is 37.8 Å². The number of carbonyl (C=O) groups is 3. The number of morpholine rings is 1. The standard InChI is InChI=1S/C20H23N3O6/c1-27-20(26)18-17(16-14(29-18)3-2-8-21-16)22-19(25)12-4-6-13(7-5-12)23-9-10-28-11-15(23)24/h2-3,8,12-13H,4-7,9-11H2,1H3,(H,22,25). The van der Waals surface area contributed by atoms with Crippen molar-refractivity contribution in [3.63, 3.8) is 0 Å². The van der Waals surface area contributed by atoms with Crippen molar-refractivity contribution in [1.82, 2.24) is 9.88 Å². The third-order valence-electron chi connectivity index (χ3n) is 5.60. The molecule has 29 heavy (non-hydrogen) atoms. The summed E-state index contributed by atoms with van der Waals surface area (Å²) in [6.07, 6.45) is 4.42. The maximum absolute atomic E-state index is 12.9. The van der Waals surface area contributed by atoms with E-state index in [9.17, 15) is 14.4 Å². The average Bonchev–Trinajstić information content (AvgIpc) is 3.12. The van der Waals surface area contributed by atoms with Gasteiger partial charge in [-0.1, -0.05) is 0 Å². The van der Waals surface area contributed by atoms with Crippen molar-refractivity contribution in [1.29, 1.82) is 0 Å². The first-order valence-electron chi connectivity index (χ1n) is 9.72. The molecule has 0 unspecified atom stereocenters. The predicted molar refractivity (Wildman–Crippen MR) is 102 cm³/mol. The van der Waals surface area contributed by atoms with Crippen LogP contribution in [0.5, 0.6) is 0 Å². The fourth-order valence-electron chi connectivity index (χ4n) is 4.07. The SMILES string of the molecule is COC(=O)c1oc2cccnc2c1NC(=O)C1CCC(N2CCOCC2=O)CC1. The van der Waals surface area contributed by atoms with Gasteiger partial charge in [-0.15, -0.1) is 0 Å². The second kappa shape index (κ2) is 8.20. The molecule has 2 aromatic heterocycles. The number of aromatic nitrogens is 1. The fourth-order valence-corrected chi connectivity index (χ4v) is 4.07. The first-order valence-corrected chi connectivity index (χ1v) is 9.72. The van der Waals surface area contributed by atoms with Gasteiger partial charge in [0.05, 0.1) is 13.7 Å². The molecule has 1 saturated heterocycles. The van der Waals surface area contributed by atoms with Gasteiger partial charge < -0.3 is 24.1 Å². The second-order valence-corrected chi connectivity index (χ2v) is 7.28. The number of rotatable bonds is 4. The minimum atomic E-state index is -0.673. The van der Waals surface area contributed by atoms with Crippen molar-refractivity contribution < 1.29 is 28.3 Å². The monoisotopic (exact) mass is 401 g/mol. The summed E-state index contributed by atoms with van der Waals surface area (Å²) in [4.78, 5) is 43.1. The van der Waals surface area contributed by atoms with E-state index in [4.69, 9.17) is 13.9 Å². The highest BCUT2D eigenvalue weighted by atomic mass is 16.5. The van der Waals surface area contributed by atoms with Crippen LogP contribution < -0.4 is 5.32 Å². The fraction of sp³-hybridized carbons (Fsp3) is 0.500. The highest BCUT2D eigenvalue weighted by Crippen LogP contribution is 2.33. The third kappa shape index (κ3) is 3.82. The molecule has 1 aliphatic carbocycles. The number of fused-ring (bicyclic) bond motifs is 1. The number of carbonyl (C=O) groups excluding carboxylic acids is 3. The van der Waals surface area contributed by atoms with E-state index in [1.54, 1.807) is 18.3 Å². The lowest BCUT2D eigenvalue weighted by Crippen LogP contribution is -2.49. The molecule has 2 amide bonds. The van der Waals surface area contributed by atoms with Gasteiger partial charge in [-0.25, -0.2) is 4.79 Å². The zero-order valence-electron chi connectivity index (χ0n) is 16.2. The molecule has 1 N–H and O–H groups in total. The predicted octanol–water partition coefficient (Wildman–Crippen LogP) is 1.97. The Kier molecular flexibility index (Phi) is 5.48. The summed E-state index contributed by atoms with van der Waals surface area (Å²) in [6, 6.07) is 3.51. The average molecular weight is 401 g/mol. The van der Waals surface area contributed by atoms with E-state index in [1.807, 2.05) is 4.90 Å². The third-order valence-corrected chi connectivity index (χ3v) is 5.60. The molecule has 2 aromatic rings. The van der Waals surface area contributed by atoms with Crippen LogP contribution in [0.3, 0.4) is 0 Å². The maximum Gasteiger partial charge on any atom is 0.376 e. The number of furan rings is 1. The van der Waals surface area contributed by atoms with Crippen LogP contribution in [-0.2, 0) is 19.1 Å². The molecule has 2 aliphatic rings. The quantitative estimate of drug-likeness (QED) is 0.780. The second-order valence-electron chi connectivity index (χ2n) is 7.28. The lowest BCUT2D eigenvalue weighted by atomic mass is 9.84. The summed E-state index contributed by atoms with van der Waals surface area (Å²) in [5.41, 5.74) is 1.05. The Morgan fingerprint density at radius 3 is 2.79 bits per heavy atom. The largest absolute Gasteiger partial charge is 0.463 e. The zero-order chi connectivity index (χ0) is 20.4. The summed E-state index contributed by atoms with van der Waals surface area (Å²) in [5.74, 6) is -1.12. The van der Waals surface area contributed by atoms with E-state index in [-0.39, 0.29) is 41.8 Å². The van der Waals surface area contributed by atoms with Crippen molar-refractivity contribution in [3.05, 3.63) is 24.1 Å². The van der Waals surface area contributed by atoms with Crippen molar-refractivity contribution >= 4 is 34.6 Å². The number of methoxy groups -OCH3 is 1. The smallest absolute Gasteiger partial charge is 0.376 e. The van der Waals surface area contributed by atoms with Gasteiger partial charge in [0.1, 0.15) is 17.8 Å².